The zero-order valence-corrected chi connectivity index (χ0v) is 14.9. The minimum atomic E-state index is -0.476. The maximum Gasteiger partial charge on any atom is 0.343 e. The Kier molecular flexibility index (Phi) is 5.96. The van der Waals surface area contributed by atoms with E-state index in [4.69, 9.17) is 10.00 Å². The van der Waals surface area contributed by atoms with Gasteiger partial charge in [0.25, 0.3) is 0 Å². The van der Waals surface area contributed by atoms with Crippen LogP contribution in [0, 0.1) is 18.3 Å². The molecule has 1 aromatic carbocycles. The highest BCUT2D eigenvalue weighted by Crippen LogP contribution is 2.29. The Hall–Kier alpha value is -3.07. The number of hydrogen-bond acceptors (Lipinski definition) is 6. The van der Waals surface area contributed by atoms with Gasteiger partial charge in [-0.1, -0.05) is 13.0 Å². The number of methoxy groups -OCH3 is 1. The van der Waals surface area contributed by atoms with Crippen molar-refractivity contribution in [1.82, 2.24) is 4.98 Å². The lowest BCUT2D eigenvalue weighted by atomic mass is 10.1. The summed E-state index contributed by atoms with van der Waals surface area (Å²) in [5, 5.41) is 15.6. The number of carbonyl (C=O) groups is 1. The summed E-state index contributed by atoms with van der Waals surface area (Å²) in [6, 6.07) is 9.36. The SMILES string of the molecule is CCC(C)Nc1nccc(Nc2cc(C#N)ccc2C)c1C(=O)OC. The number of esters is 1. The van der Waals surface area contributed by atoms with Crippen molar-refractivity contribution in [3.8, 4) is 6.07 Å². The largest absolute Gasteiger partial charge is 0.465 e. The van der Waals surface area contributed by atoms with Crippen molar-refractivity contribution in [1.29, 1.82) is 5.26 Å². The van der Waals surface area contributed by atoms with Crippen molar-refractivity contribution in [2.75, 3.05) is 17.7 Å². The molecule has 130 valence electrons. The third-order valence-corrected chi connectivity index (χ3v) is 3.97. The molecule has 1 atom stereocenters. The summed E-state index contributed by atoms with van der Waals surface area (Å²) < 4.78 is 4.93. The van der Waals surface area contributed by atoms with Crippen LogP contribution in [-0.2, 0) is 4.74 Å². The number of benzene rings is 1. The van der Waals surface area contributed by atoms with Crippen LogP contribution in [0.4, 0.5) is 17.2 Å². The Morgan fingerprint density at radius 2 is 2.12 bits per heavy atom. The molecule has 0 spiro atoms. The number of rotatable bonds is 6. The predicted octanol–water partition coefficient (Wildman–Crippen LogP) is 4.00. The Labute approximate surface area is 147 Å². The van der Waals surface area contributed by atoms with E-state index in [2.05, 4.69) is 21.7 Å². The van der Waals surface area contributed by atoms with E-state index in [0.717, 1.165) is 17.7 Å². The molecule has 0 aliphatic rings. The maximum absolute atomic E-state index is 12.3. The average molecular weight is 338 g/mol. The fraction of sp³-hybridized carbons (Fsp3) is 0.316. The van der Waals surface area contributed by atoms with Crippen LogP contribution in [0.1, 0.15) is 41.8 Å². The van der Waals surface area contributed by atoms with Crippen molar-refractivity contribution in [2.24, 2.45) is 0 Å². The molecular formula is C19H22N4O2. The Morgan fingerprint density at radius 3 is 2.76 bits per heavy atom. The number of ether oxygens (including phenoxy) is 1. The lowest BCUT2D eigenvalue weighted by Gasteiger charge is -2.18. The smallest absolute Gasteiger partial charge is 0.343 e. The Balaban J connectivity index is 2.49. The molecule has 2 N–H and O–H groups in total. The predicted molar refractivity (Wildman–Crippen MR) is 98.1 cm³/mol. The molecule has 6 nitrogen and oxygen atoms in total. The minimum absolute atomic E-state index is 0.162. The van der Waals surface area contributed by atoms with E-state index in [1.54, 1.807) is 24.4 Å². The first-order chi connectivity index (χ1) is 12.0. The summed E-state index contributed by atoms with van der Waals surface area (Å²) in [5.41, 5.74) is 3.17. The normalized spacial score (nSPS) is 11.3. The van der Waals surface area contributed by atoms with Crippen molar-refractivity contribution in [3.05, 3.63) is 47.2 Å². The summed E-state index contributed by atoms with van der Waals surface area (Å²) in [6.45, 7) is 6.00. The number of anilines is 3. The number of nitrogens with zero attached hydrogens (tertiary/aromatic N) is 2. The number of aromatic nitrogens is 1. The van der Waals surface area contributed by atoms with Gasteiger partial charge in [-0.2, -0.15) is 5.26 Å². The molecule has 0 aliphatic heterocycles. The molecule has 1 unspecified atom stereocenters. The second-order valence-electron chi connectivity index (χ2n) is 5.79. The number of nitriles is 1. The second-order valence-corrected chi connectivity index (χ2v) is 5.79. The zero-order valence-electron chi connectivity index (χ0n) is 14.9. The van der Waals surface area contributed by atoms with Crippen molar-refractivity contribution < 1.29 is 9.53 Å². The maximum atomic E-state index is 12.3. The summed E-state index contributed by atoms with van der Waals surface area (Å²) in [4.78, 5) is 16.6. The van der Waals surface area contributed by atoms with Crippen LogP contribution in [0.3, 0.4) is 0 Å². The van der Waals surface area contributed by atoms with Crippen molar-refractivity contribution >= 4 is 23.2 Å². The van der Waals surface area contributed by atoms with Gasteiger partial charge < -0.3 is 15.4 Å². The van der Waals surface area contributed by atoms with Crippen LogP contribution in [0.25, 0.3) is 0 Å². The zero-order chi connectivity index (χ0) is 18.4. The summed E-state index contributed by atoms with van der Waals surface area (Å²) in [6.07, 6.45) is 2.52. The van der Waals surface area contributed by atoms with E-state index >= 15 is 0 Å². The number of carbonyl (C=O) groups excluding carboxylic acids is 1. The van der Waals surface area contributed by atoms with Crippen LogP contribution < -0.4 is 10.6 Å². The van der Waals surface area contributed by atoms with E-state index in [0.29, 0.717) is 22.6 Å². The van der Waals surface area contributed by atoms with Crippen molar-refractivity contribution in [3.63, 3.8) is 0 Å². The first-order valence-corrected chi connectivity index (χ1v) is 8.11. The van der Waals surface area contributed by atoms with Gasteiger partial charge in [0, 0.05) is 17.9 Å². The van der Waals surface area contributed by atoms with Crippen LogP contribution >= 0.6 is 0 Å². The lowest BCUT2D eigenvalue weighted by Crippen LogP contribution is -2.19. The highest BCUT2D eigenvalue weighted by molar-refractivity contribution is 6.01. The van der Waals surface area contributed by atoms with Gasteiger partial charge in [-0.05, 0) is 44.0 Å². The fourth-order valence-electron chi connectivity index (χ4n) is 2.29. The van der Waals surface area contributed by atoms with Crippen LogP contribution in [0.5, 0.6) is 0 Å². The van der Waals surface area contributed by atoms with Gasteiger partial charge in [0.15, 0.2) is 0 Å². The first kappa shape index (κ1) is 18.3. The first-order valence-electron chi connectivity index (χ1n) is 8.11. The van der Waals surface area contributed by atoms with Gasteiger partial charge in [-0.15, -0.1) is 0 Å². The van der Waals surface area contributed by atoms with E-state index in [1.165, 1.54) is 7.11 Å². The molecule has 0 bridgehead atoms. The number of pyridine rings is 1. The molecule has 1 aromatic heterocycles. The molecule has 0 saturated heterocycles. The molecule has 25 heavy (non-hydrogen) atoms. The van der Waals surface area contributed by atoms with Crippen molar-refractivity contribution in [2.45, 2.75) is 33.2 Å². The van der Waals surface area contributed by atoms with Gasteiger partial charge in [0.2, 0.25) is 0 Å². The Morgan fingerprint density at radius 1 is 1.36 bits per heavy atom. The van der Waals surface area contributed by atoms with E-state index in [-0.39, 0.29) is 6.04 Å². The van der Waals surface area contributed by atoms with Crippen LogP contribution in [0.15, 0.2) is 30.5 Å². The molecule has 0 radical (unpaired) electrons. The summed E-state index contributed by atoms with van der Waals surface area (Å²) in [7, 11) is 1.34. The summed E-state index contributed by atoms with van der Waals surface area (Å²) in [5.74, 6) is -0.00390. The van der Waals surface area contributed by atoms with Gasteiger partial charge in [-0.3, -0.25) is 0 Å². The van der Waals surface area contributed by atoms with Crippen LogP contribution in [0.2, 0.25) is 0 Å². The summed E-state index contributed by atoms with van der Waals surface area (Å²) >= 11 is 0. The van der Waals surface area contributed by atoms with Gasteiger partial charge in [0.1, 0.15) is 11.4 Å². The molecule has 6 heteroatoms. The lowest BCUT2D eigenvalue weighted by molar-refractivity contribution is 0.0602. The number of nitrogens with one attached hydrogen (secondary N) is 2. The van der Waals surface area contributed by atoms with Gasteiger partial charge in [-0.25, -0.2) is 9.78 Å². The van der Waals surface area contributed by atoms with Gasteiger partial charge in [0.05, 0.1) is 24.4 Å². The van der Waals surface area contributed by atoms with E-state index < -0.39 is 5.97 Å². The second kappa shape index (κ2) is 8.15. The number of aryl methyl sites for hydroxylation is 1. The highest BCUT2D eigenvalue weighted by Gasteiger charge is 2.20. The topological polar surface area (TPSA) is 87.0 Å². The molecule has 1 heterocycles. The fourth-order valence-corrected chi connectivity index (χ4v) is 2.29. The minimum Gasteiger partial charge on any atom is -0.465 e. The molecule has 2 aromatic rings. The van der Waals surface area contributed by atoms with E-state index in [1.807, 2.05) is 26.8 Å². The molecule has 0 aliphatic carbocycles. The third kappa shape index (κ3) is 4.27. The van der Waals surface area contributed by atoms with Crippen LogP contribution in [-0.4, -0.2) is 24.1 Å². The molecular weight excluding hydrogens is 316 g/mol. The molecule has 0 fully saturated rings. The Bertz CT molecular complexity index is 812. The molecule has 2 rings (SSSR count). The molecule has 0 saturated carbocycles. The molecule has 0 amide bonds. The number of hydrogen-bond donors (Lipinski definition) is 2. The van der Waals surface area contributed by atoms with Gasteiger partial charge >= 0.3 is 5.97 Å². The monoisotopic (exact) mass is 338 g/mol. The average Bonchev–Trinajstić information content (AvgIpc) is 2.63. The highest BCUT2D eigenvalue weighted by atomic mass is 16.5. The quantitative estimate of drug-likeness (QED) is 0.774. The standard InChI is InChI=1S/C19H22N4O2/c1-5-13(3)22-18-17(19(24)25-4)15(8-9-21-18)23-16-10-14(11-20)7-6-12(16)2/h6-10,13H,5H2,1-4H3,(H2,21,22,23). The van der Waals surface area contributed by atoms with E-state index in [9.17, 15) is 4.79 Å². The third-order valence-electron chi connectivity index (χ3n) is 3.97.